The molecule has 24 heavy (non-hydrogen) atoms. The van der Waals surface area contributed by atoms with Crippen molar-refractivity contribution in [1.82, 2.24) is 24.4 Å². The highest BCUT2D eigenvalue weighted by Gasteiger charge is 2.16. The summed E-state index contributed by atoms with van der Waals surface area (Å²) in [6.45, 7) is 1.80. The first-order valence-corrected chi connectivity index (χ1v) is 7.52. The van der Waals surface area contributed by atoms with Gasteiger partial charge in [-0.3, -0.25) is 19.8 Å². The average molecular weight is 329 g/mol. The van der Waals surface area contributed by atoms with Crippen LogP contribution in [0.4, 0.5) is 5.95 Å². The quantitative estimate of drug-likeness (QED) is 0.275. The summed E-state index contributed by atoms with van der Waals surface area (Å²) in [5.74, 6) is 5.83. The molecule has 3 aromatic rings. The Bertz CT molecular complexity index is 956. The first kappa shape index (κ1) is 16.0. The number of benzene rings is 1. The van der Waals surface area contributed by atoms with Gasteiger partial charge in [-0.2, -0.15) is 4.98 Å². The Morgan fingerprint density at radius 2 is 2.00 bits per heavy atom. The van der Waals surface area contributed by atoms with Crippen LogP contribution >= 0.6 is 0 Å². The van der Waals surface area contributed by atoms with E-state index in [9.17, 15) is 9.59 Å². The second kappa shape index (κ2) is 6.69. The molecule has 126 valence electrons. The molecule has 0 fully saturated rings. The van der Waals surface area contributed by atoms with E-state index in [2.05, 4.69) is 20.7 Å². The number of H-pyrrole nitrogens is 1. The van der Waals surface area contributed by atoms with E-state index in [4.69, 9.17) is 5.84 Å². The predicted molar refractivity (Wildman–Crippen MR) is 91.6 cm³/mol. The number of nitrogens with zero attached hydrogens (tertiary/aromatic N) is 3. The molecule has 0 atom stereocenters. The van der Waals surface area contributed by atoms with E-state index in [1.165, 1.54) is 10.1 Å². The first-order valence-electron chi connectivity index (χ1n) is 7.52. The first-order chi connectivity index (χ1) is 11.6. The van der Waals surface area contributed by atoms with Crippen LogP contribution < -0.4 is 27.8 Å². The smallest absolute Gasteiger partial charge is 0.311 e. The number of nitrogen functional groups attached to an aromatic ring is 1. The summed E-state index contributed by atoms with van der Waals surface area (Å²) in [5, 5.41) is 3.30. The standard InChI is InChI=1S/C15H19N7O2/c1-21-12-11(13(23)19-15(21)24)22(14(18-12)20-16)8-7-17-9-10-5-3-2-4-6-10/h2-6,17H,7-9,16H2,1H3,(H,18,20)(H,19,23,24). The van der Waals surface area contributed by atoms with Gasteiger partial charge in [-0.05, 0) is 5.56 Å². The van der Waals surface area contributed by atoms with Gasteiger partial charge in [0.05, 0.1) is 0 Å². The molecule has 0 aliphatic heterocycles. The molecule has 0 bridgehead atoms. The Hall–Kier alpha value is -2.91. The molecule has 0 aliphatic carbocycles. The Morgan fingerprint density at radius 3 is 2.71 bits per heavy atom. The number of hydrogen-bond acceptors (Lipinski definition) is 6. The molecule has 5 N–H and O–H groups in total. The number of nitrogens with one attached hydrogen (secondary N) is 3. The van der Waals surface area contributed by atoms with Gasteiger partial charge in [-0.1, -0.05) is 30.3 Å². The second-order valence-corrected chi connectivity index (χ2v) is 5.38. The number of rotatable bonds is 6. The van der Waals surface area contributed by atoms with Crippen LogP contribution in [-0.2, 0) is 20.1 Å². The zero-order valence-corrected chi connectivity index (χ0v) is 13.2. The van der Waals surface area contributed by atoms with Crippen molar-refractivity contribution in [2.24, 2.45) is 12.9 Å². The van der Waals surface area contributed by atoms with Gasteiger partial charge in [0.1, 0.15) is 0 Å². The number of anilines is 1. The highest BCUT2D eigenvalue weighted by molar-refractivity contribution is 5.73. The van der Waals surface area contributed by atoms with Gasteiger partial charge in [-0.25, -0.2) is 10.6 Å². The highest BCUT2D eigenvalue weighted by atomic mass is 16.2. The number of fused-ring (bicyclic) bond motifs is 1. The normalized spacial score (nSPS) is 11.1. The van der Waals surface area contributed by atoms with Crippen molar-refractivity contribution in [3.8, 4) is 0 Å². The minimum absolute atomic E-state index is 0.291. The molecule has 0 amide bonds. The predicted octanol–water partition coefficient (Wildman–Crippen LogP) is -0.501. The van der Waals surface area contributed by atoms with Crippen molar-refractivity contribution in [2.75, 3.05) is 12.0 Å². The van der Waals surface area contributed by atoms with Gasteiger partial charge in [0.25, 0.3) is 5.56 Å². The molecule has 1 aromatic carbocycles. The highest BCUT2D eigenvalue weighted by Crippen LogP contribution is 2.13. The van der Waals surface area contributed by atoms with Crippen LogP contribution in [0.2, 0.25) is 0 Å². The fourth-order valence-electron chi connectivity index (χ4n) is 2.58. The Labute approximate surface area is 137 Å². The van der Waals surface area contributed by atoms with Crippen molar-refractivity contribution in [1.29, 1.82) is 0 Å². The van der Waals surface area contributed by atoms with Crippen molar-refractivity contribution < 1.29 is 0 Å². The SMILES string of the molecule is Cn1c(=O)[nH]c(=O)c2c1nc(NN)n2CCNCc1ccccc1. The van der Waals surface area contributed by atoms with Crippen LogP contribution in [0.1, 0.15) is 5.56 Å². The number of aryl methyl sites for hydroxylation is 1. The van der Waals surface area contributed by atoms with Crippen molar-refractivity contribution in [3.63, 3.8) is 0 Å². The third-order valence-electron chi connectivity index (χ3n) is 3.82. The molecule has 9 nitrogen and oxygen atoms in total. The van der Waals surface area contributed by atoms with E-state index < -0.39 is 11.2 Å². The lowest BCUT2D eigenvalue weighted by atomic mass is 10.2. The molecule has 0 saturated heterocycles. The fourth-order valence-corrected chi connectivity index (χ4v) is 2.58. The summed E-state index contributed by atoms with van der Waals surface area (Å²) in [6, 6.07) is 10.0. The third-order valence-corrected chi connectivity index (χ3v) is 3.82. The van der Waals surface area contributed by atoms with E-state index in [1.54, 1.807) is 11.6 Å². The summed E-state index contributed by atoms with van der Waals surface area (Å²) in [4.78, 5) is 30.3. The Balaban J connectivity index is 1.82. The van der Waals surface area contributed by atoms with E-state index >= 15 is 0 Å². The molecule has 3 rings (SSSR count). The van der Waals surface area contributed by atoms with Crippen molar-refractivity contribution >= 4 is 17.1 Å². The van der Waals surface area contributed by atoms with Crippen LogP contribution in [0, 0.1) is 0 Å². The third kappa shape index (κ3) is 2.94. The van der Waals surface area contributed by atoms with Crippen molar-refractivity contribution in [2.45, 2.75) is 13.1 Å². The lowest BCUT2D eigenvalue weighted by Gasteiger charge is -2.09. The average Bonchev–Trinajstić information content (AvgIpc) is 2.97. The summed E-state index contributed by atoms with van der Waals surface area (Å²) < 4.78 is 2.94. The van der Waals surface area contributed by atoms with Crippen LogP contribution in [0.15, 0.2) is 39.9 Å². The number of imidazole rings is 1. The minimum Gasteiger partial charge on any atom is -0.311 e. The van der Waals surface area contributed by atoms with Gasteiger partial charge < -0.3 is 9.88 Å². The zero-order valence-electron chi connectivity index (χ0n) is 13.2. The van der Waals surface area contributed by atoms with E-state index in [-0.39, 0.29) is 0 Å². The molecule has 0 unspecified atom stereocenters. The molecule has 2 aromatic heterocycles. The van der Waals surface area contributed by atoms with Gasteiger partial charge in [0, 0.05) is 26.7 Å². The molecular weight excluding hydrogens is 310 g/mol. The topological polar surface area (TPSA) is 123 Å². The zero-order chi connectivity index (χ0) is 17.1. The van der Waals surface area contributed by atoms with Gasteiger partial charge >= 0.3 is 5.69 Å². The molecule has 2 heterocycles. The second-order valence-electron chi connectivity index (χ2n) is 5.38. The molecule has 0 saturated carbocycles. The lowest BCUT2D eigenvalue weighted by Crippen LogP contribution is -2.30. The maximum Gasteiger partial charge on any atom is 0.329 e. The van der Waals surface area contributed by atoms with Crippen LogP contribution in [0.25, 0.3) is 11.2 Å². The molecular formula is C15H19N7O2. The van der Waals surface area contributed by atoms with E-state index in [1.807, 2.05) is 30.3 Å². The molecule has 9 heteroatoms. The van der Waals surface area contributed by atoms with Gasteiger partial charge in [-0.15, -0.1) is 0 Å². The largest absolute Gasteiger partial charge is 0.329 e. The van der Waals surface area contributed by atoms with Crippen LogP contribution in [-0.4, -0.2) is 25.6 Å². The summed E-state index contributed by atoms with van der Waals surface area (Å²) in [6.07, 6.45) is 0. The lowest BCUT2D eigenvalue weighted by molar-refractivity contribution is 0.608. The number of hydrogen-bond donors (Lipinski definition) is 4. The summed E-state index contributed by atoms with van der Waals surface area (Å²) in [5.41, 5.74) is 3.26. The maximum atomic E-state index is 12.1. The van der Waals surface area contributed by atoms with Crippen LogP contribution in [0.5, 0.6) is 0 Å². The summed E-state index contributed by atoms with van der Waals surface area (Å²) >= 11 is 0. The van der Waals surface area contributed by atoms with Gasteiger partial charge in [0.15, 0.2) is 11.2 Å². The number of aromatic nitrogens is 4. The van der Waals surface area contributed by atoms with E-state index in [0.29, 0.717) is 36.7 Å². The minimum atomic E-state index is -0.511. The monoisotopic (exact) mass is 329 g/mol. The number of nitrogens with two attached hydrogens (primary N) is 1. The van der Waals surface area contributed by atoms with E-state index in [0.717, 1.165) is 0 Å². The Morgan fingerprint density at radius 1 is 1.25 bits per heavy atom. The fraction of sp³-hybridized carbons (Fsp3) is 0.267. The number of hydrazine groups is 1. The Kier molecular flexibility index (Phi) is 4.45. The maximum absolute atomic E-state index is 12.1. The molecule has 0 aliphatic rings. The van der Waals surface area contributed by atoms with Gasteiger partial charge in [0.2, 0.25) is 5.95 Å². The molecule has 0 radical (unpaired) electrons. The molecule has 0 spiro atoms. The van der Waals surface area contributed by atoms with Crippen molar-refractivity contribution in [3.05, 3.63) is 56.7 Å². The number of aromatic amines is 1. The summed E-state index contributed by atoms with van der Waals surface area (Å²) in [7, 11) is 1.55. The van der Waals surface area contributed by atoms with Crippen LogP contribution in [0.3, 0.4) is 0 Å².